The molecule has 0 aromatic heterocycles. The summed E-state index contributed by atoms with van der Waals surface area (Å²) in [6.07, 6.45) is 1.82. The fourth-order valence-electron chi connectivity index (χ4n) is 4.34. The molecule has 0 fully saturated rings. The van der Waals surface area contributed by atoms with Crippen LogP contribution in [0.4, 0.5) is 5.69 Å². The predicted molar refractivity (Wildman–Crippen MR) is 166 cm³/mol. The third kappa shape index (κ3) is 8.24. The first kappa shape index (κ1) is 32.4. The Balaban J connectivity index is 2.07. The average molecular weight is 619 g/mol. The van der Waals surface area contributed by atoms with Crippen LogP contribution in [0.15, 0.2) is 77.7 Å². The summed E-state index contributed by atoms with van der Waals surface area (Å²) in [7, 11) is -4.12. The molecular formula is C31H37Cl2N3O4S. The molecule has 10 heteroatoms. The molecule has 3 aromatic carbocycles. The number of rotatable bonds is 13. The maximum absolute atomic E-state index is 14.1. The Morgan fingerprint density at radius 2 is 1.56 bits per heavy atom. The monoisotopic (exact) mass is 617 g/mol. The number of carbonyl (C=O) groups is 2. The lowest BCUT2D eigenvalue weighted by Crippen LogP contribution is -2.53. The van der Waals surface area contributed by atoms with Crippen LogP contribution in [0.25, 0.3) is 0 Å². The molecule has 0 aliphatic heterocycles. The van der Waals surface area contributed by atoms with Gasteiger partial charge in [-0.3, -0.25) is 13.9 Å². The average Bonchev–Trinajstić information content (AvgIpc) is 2.97. The third-order valence-corrected chi connectivity index (χ3v) is 9.36. The largest absolute Gasteiger partial charge is 0.352 e. The number of hydrogen-bond acceptors (Lipinski definition) is 4. The van der Waals surface area contributed by atoms with Gasteiger partial charge < -0.3 is 10.2 Å². The Morgan fingerprint density at radius 3 is 2.12 bits per heavy atom. The van der Waals surface area contributed by atoms with E-state index < -0.39 is 28.5 Å². The summed E-state index contributed by atoms with van der Waals surface area (Å²) in [5.74, 6) is -0.855. The Kier molecular flexibility index (Phi) is 11.6. The van der Waals surface area contributed by atoms with Crippen molar-refractivity contribution in [2.75, 3.05) is 10.8 Å². The van der Waals surface area contributed by atoms with E-state index in [1.54, 1.807) is 48.5 Å². The van der Waals surface area contributed by atoms with Crippen molar-refractivity contribution in [1.82, 2.24) is 10.2 Å². The van der Waals surface area contributed by atoms with Crippen LogP contribution in [0.2, 0.25) is 10.0 Å². The van der Waals surface area contributed by atoms with Crippen molar-refractivity contribution in [3.05, 3.63) is 94.0 Å². The van der Waals surface area contributed by atoms with Crippen LogP contribution in [0.1, 0.15) is 51.7 Å². The minimum absolute atomic E-state index is 0.00470. The van der Waals surface area contributed by atoms with Crippen molar-refractivity contribution in [3.63, 3.8) is 0 Å². The quantitative estimate of drug-likeness (QED) is 0.238. The summed E-state index contributed by atoms with van der Waals surface area (Å²) in [5.41, 5.74) is 1.97. The third-order valence-electron chi connectivity index (χ3n) is 6.99. The van der Waals surface area contributed by atoms with Crippen molar-refractivity contribution >= 4 is 50.7 Å². The summed E-state index contributed by atoms with van der Waals surface area (Å²) < 4.78 is 28.9. The molecule has 0 saturated heterocycles. The van der Waals surface area contributed by atoms with Gasteiger partial charge in [0.15, 0.2) is 0 Å². The molecule has 2 atom stereocenters. The highest BCUT2D eigenvalue weighted by Crippen LogP contribution is 2.27. The summed E-state index contributed by atoms with van der Waals surface area (Å²) in [6, 6.07) is 19.0. The van der Waals surface area contributed by atoms with Crippen molar-refractivity contribution in [2.45, 2.75) is 70.5 Å². The fourth-order valence-corrected chi connectivity index (χ4v) is 6.24. The van der Waals surface area contributed by atoms with Crippen LogP contribution in [-0.2, 0) is 32.6 Å². The highest BCUT2D eigenvalue weighted by Gasteiger charge is 2.34. The van der Waals surface area contributed by atoms with Crippen molar-refractivity contribution in [2.24, 2.45) is 0 Å². The molecule has 0 spiro atoms. The van der Waals surface area contributed by atoms with Gasteiger partial charge in [-0.2, -0.15) is 0 Å². The first-order chi connectivity index (χ1) is 19.5. The van der Waals surface area contributed by atoms with Gasteiger partial charge in [-0.15, -0.1) is 0 Å². The van der Waals surface area contributed by atoms with Gasteiger partial charge >= 0.3 is 0 Å². The highest BCUT2D eigenvalue weighted by molar-refractivity contribution is 7.92. The van der Waals surface area contributed by atoms with Crippen LogP contribution < -0.4 is 9.62 Å². The zero-order valence-corrected chi connectivity index (χ0v) is 26.1. The molecule has 0 radical (unpaired) electrons. The van der Waals surface area contributed by atoms with Gasteiger partial charge in [-0.1, -0.05) is 80.4 Å². The normalized spacial score (nSPS) is 12.8. The molecule has 1 N–H and O–H groups in total. The van der Waals surface area contributed by atoms with E-state index >= 15 is 0 Å². The predicted octanol–water partition coefficient (Wildman–Crippen LogP) is 6.47. The van der Waals surface area contributed by atoms with Crippen LogP contribution in [0.5, 0.6) is 0 Å². The number of nitrogens with one attached hydrogen (secondary N) is 1. The number of benzene rings is 3. The van der Waals surface area contributed by atoms with Crippen LogP contribution in [-0.4, -0.2) is 43.8 Å². The maximum Gasteiger partial charge on any atom is 0.264 e. The summed E-state index contributed by atoms with van der Waals surface area (Å²) in [5, 5.41) is 3.74. The van der Waals surface area contributed by atoms with Gasteiger partial charge in [0.25, 0.3) is 10.0 Å². The molecular weight excluding hydrogens is 581 g/mol. The van der Waals surface area contributed by atoms with E-state index in [9.17, 15) is 18.0 Å². The van der Waals surface area contributed by atoms with E-state index in [4.69, 9.17) is 23.2 Å². The number of anilines is 1. The Labute approximate surface area is 253 Å². The minimum atomic E-state index is -4.12. The highest BCUT2D eigenvalue weighted by atomic mass is 35.5. The summed E-state index contributed by atoms with van der Waals surface area (Å²) in [6.45, 7) is 7.15. The van der Waals surface area contributed by atoms with Gasteiger partial charge in [-0.25, -0.2) is 8.42 Å². The molecule has 0 aliphatic carbocycles. The minimum Gasteiger partial charge on any atom is -0.352 e. The lowest BCUT2D eigenvalue weighted by Gasteiger charge is -2.34. The summed E-state index contributed by atoms with van der Waals surface area (Å²) >= 11 is 12.6. The van der Waals surface area contributed by atoms with E-state index in [1.807, 2.05) is 39.8 Å². The zero-order valence-electron chi connectivity index (χ0n) is 23.8. The molecule has 0 heterocycles. The van der Waals surface area contributed by atoms with Gasteiger partial charge in [0, 0.05) is 22.6 Å². The molecule has 0 unspecified atom stereocenters. The van der Waals surface area contributed by atoms with Gasteiger partial charge in [-0.05, 0) is 73.7 Å². The van der Waals surface area contributed by atoms with Crippen LogP contribution in [0, 0.1) is 0 Å². The van der Waals surface area contributed by atoms with Crippen molar-refractivity contribution < 1.29 is 18.0 Å². The second kappa shape index (κ2) is 14.7. The molecule has 3 aromatic rings. The standard InChI is InChI=1S/C31H37Cl2N3O4S/c1-5-22(4)34-31(38)29(7-3)35(20-24-15-16-25(32)19-28(24)33)30(37)21-36(26-17-13-23(6-2)14-18-26)41(39,40)27-11-9-8-10-12-27/h8-19,22,29H,5-7,20-21H2,1-4H3,(H,34,38)/t22-,29-/m1/s1. The summed E-state index contributed by atoms with van der Waals surface area (Å²) in [4.78, 5) is 29.0. The van der Waals surface area contributed by atoms with Gasteiger partial charge in [0.1, 0.15) is 12.6 Å². The Morgan fingerprint density at radius 1 is 0.902 bits per heavy atom. The van der Waals surface area contributed by atoms with Gasteiger partial charge in [0.2, 0.25) is 11.8 Å². The van der Waals surface area contributed by atoms with Crippen molar-refractivity contribution in [3.8, 4) is 0 Å². The topological polar surface area (TPSA) is 86.8 Å². The first-order valence-electron chi connectivity index (χ1n) is 13.7. The maximum atomic E-state index is 14.1. The van der Waals surface area contributed by atoms with Crippen LogP contribution in [0.3, 0.4) is 0 Å². The van der Waals surface area contributed by atoms with E-state index in [2.05, 4.69) is 5.32 Å². The number of carbonyl (C=O) groups excluding carboxylic acids is 2. The number of sulfonamides is 1. The van der Waals surface area contributed by atoms with E-state index in [0.29, 0.717) is 27.7 Å². The number of halogens is 2. The molecule has 3 rings (SSSR count). The number of amides is 2. The Hall–Kier alpha value is -3.07. The molecule has 41 heavy (non-hydrogen) atoms. The SMILES string of the molecule is CCc1ccc(N(CC(=O)N(Cc2ccc(Cl)cc2Cl)[C@H](CC)C(=O)N[C@H](C)CC)S(=O)(=O)c2ccccc2)cc1. The number of nitrogens with zero attached hydrogens (tertiary/aromatic N) is 2. The molecule has 7 nitrogen and oxygen atoms in total. The molecule has 0 bridgehead atoms. The molecule has 0 aliphatic rings. The fraction of sp³-hybridized carbons (Fsp3) is 0.355. The van der Waals surface area contributed by atoms with E-state index in [1.165, 1.54) is 17.0 Å². The number of aryl methyl sites for hydroxylation is 1. The Bertz CT molecular complexity index is 1430. The smallest absolute Gasteiger partial charge is 0.264 e. The van der Waals surface area contributed by atoms with Gasteiger partial charge in [0.05, 0.1) is 10.6 Å². The first-order valence-corrected chi connectivity index (χ1v) is 15.9. The second-order valence-corrected chi connectivity index (χ2v) is 12.5. The van der Waals surface area contributed by atoms with E-state index in [-0.39, 0.29) is 23.4 Å². The van der Waals surface area contributed by atoms with Crippen molar-refractivity contribution in [1.29, 1.82) is 0 Å². The second-order valence-electron chi connectivity index (χ2n) is 9.84. The molecule has 2 amide bonds. The molecule has 220 valence electrons. The lowest BCUT2D eigenvalue weighted by molar-refractivity contribution is -0.140. The zero-order chi connectivity index (χ0) is 30.2. The van der Waals surface area contributed by atoms with Crippen LogP contribution >= 0.6 is 23.2 Å². The number of hydrogen-bond donors (Lipinski definition) is 1. The van der Waals surface area contributed by atoms with E-state index in [0.717, 1.165) is 22.7 Å². The molecule has 0 saturated carbocycles. The lowest BCUT2D eigenvalue weighted by atomic mass is 10.1.